The molecule has 0 aliphatic carbocycles. The van der Waals surface area contributed by atoms with Gasteiger partial charge >= 0.3 is 5.97 Å². The van der Waals surface area contributed by atoms with Crippen LogP contribution in [0.1, 0.15) is 37.7 Å². The largest absolute Gasteiger partial charge is 0.493 e. The summed E-state index contributed by atoms with van der Waals surface area (Å²) in [6.07, 6.45) is 9.49. The lowest BCUT2D eigenvalue weighted by molar-refractivity contribution is -0.947. The zero-order valence-corrected chi connectivity index (χ0v) is 16.8. The average Bonchev–Trinajstić information content (AvgIpc) is 2.69. The summed E-state index contributed by atoms with van der Waals surface area (Å²) in [6.45, 7) is 3.06. The fourth-order valence-corrected chi connectivity index (χ4v) is 4.87. The van der Waals surface area contributed by atoms with Crippen LogP contribution in [0.3, 0.4) is 0 Å². The number of methoxy groups -OCH3 is 2. The van der Waals surface area contributed by atoms with Crippen LogP contribution in [0.2, 0.25) is 0 Å². The number of nitrogens with zero attached hydrogens (tertiary/aromatic N) is 1. The Kier molecular flexibility index (Phi) is 6.42. The molecule has 2 aliphatic heterocycles. The molecule has 0 bridgehead atoms. The highest BCUT2D eigenvalue weighted by Gasteiger charge is 2.43. The molecule has 2 heterocycles. The predicted molar refractivity (Wildman–Crippen MR) is 106 cm³/mol. The molecular weight excluding hydrogens is 342 g/mol. The molecule has 3 rings (SSSR count). The summed E-state index contributed by atoms with van der Waals surface area (Å²) < 4.78 is 17.5. The highest BCUT2D eigenvalue weighted by molar-refractivity contribution is 5.87. The number of rotatable bonds is 6. The fourth-order valence-electron chi connectivity index (χ4n) is 4.87. The number of hydrogen-bond donors (Lipinski definition) is 0. The molecular formula is C22H32NO4+. The Morgan fingerprint density at radius 1 is 1.15 bits per heavy atom. The molecule has 2 aliphatic rings. The van der Waals surface area contributed by atoms with Crippen molar-refractivity contribution in [1.29, 1.82) is 0 Å². The lowest BCUT2D eigenvalue weighted by Crippen LogP contribution is -2.61. The summed E-state index contributed by atoms with van der Waals surface area (Å²) >= 11 is 0. The molecule has 1 aromatic carbocycles. The van der Waals surface area contributed by atoms with Crippen molar-refractivity contribution in [2.45, 2.75) is 38.1 Å². The monoisotopic (exact) mass is 374 g/mol. The Morgan fingerprint density at radius 3 is 2.74 bits per heavy atom. The van der Waals surface area contributed by atoms with E-state index in [0.717, 1.165) is 5.56 Å². The summed E-state index contributed by atoms with van der Waals surface area (Å²) in [5.41, 5.74) is 0.794. The first-order valence-corrected chi connectivity index (χ1v) is 9.97. The number of quaternary nitrogens is 1. The Balaban J connectivity index is 1.59. The van der Waals surface area contributed by atoms with Gasteiger partial charge in [0.15, 0.2) is 11.5 Å². The standard InChI is InChI=1S/C22H32NO4/c1-23-14-5-4-10-19(23)18(9-7-15-23)16-27-21(24)13-12-17-8-6-11-20(25-2)22(17)26-3/h6,8,11-13,18-19H,4-5,7,9-10,14-16H2,1-3H3/q+1/b13-12+/t18-,19+,23?/m0/s1. The van der Waals surface area contributed by atoms with Crippen LogP contribution in [-0.2, 0) is 9.53 Å². The fraction of sp³-hybridized carbons (Fsp3) is 0.591. The zero-order valence-electron chi connectivity index (χ0n) is 16.8. The first-order valence-electron chi connectivity index (χ1n) is 9.97. The second-order valence-electron chi connectivity index (χ2n) is 7.94. The number of benzene rings is 1. The molecule has 2 fully saturated rings. The van der Waals surface area contributed by atoms with Gasteiger partial charge in [0.05, 0.1) is 40.4 Å². The van der Waals surface area contributed by atoms with E-state index in [-0.39, 0.29) is 5.97 Å². The van der Waals surface area contributed by atoms with Gasteiger partial charge < -0.3 is 18.7 Å². The molecule has 0 aromatic heterocycles. The van der Waals surface area contributed by atoms with Gasteiger partial charge in [0.1, 0.15) is 6.61 Å². The molecule has 1 unspecified atom stereocenters. The normalized spacial score (nSPS) is 27.8. The van der Waals surface area contributed by atoms with Gasteiger partial charge in [0.25, 0.3) is 0 Å². The van der Waals surface area contributed by atoms with E-state index in [1.807, 2.05) is 18.2 Å². The topological polar surface area (TPSA) is 44.8 Å². The number of ether oxygens (including phenoxy) is 3. The number of fused-ring (bicyclic) bond motifs is 1. The third-order valence-corrected chi connectivity index (χ3v) is 6.28. The lowest BCUT2D eigenvalue weighted by Gasteiger charge is -2.51. The van der Waals surface area contributed by atoms with Crippen molar-refractivity contribution < 1.29 is 23.5 Å². The molecule has 2 saturated heterocycles. The highest BCUT2D eigenvalue weighted by Crippen LogP contribution is 2.36. The van der Waals surface area contributed by atoms with E-state index in [1.54, 1.807) is 20.3 Å². The maximum atomic E-state index is 12.3. The molecule has 0 amide bonds. The van der Waals surface area contributed by atoms with Crippen LogP contribution in [0.4, 0.5) is 0 Å². The molecule has 148 valence electrons. The number of para-hydroxylation sites is 1. The summed E-state index contributed by atoms with van der Waals surface area (Å²) in [5.74, 6) is 1.44. The maximum Gasteiger partial charge on any atom is 0.330 e. The van der Waals surface area contributed by atoms with Crippen molar-refractivity contribution >= 4 is 12.0 Å². The summed E-state index contributed by atoms with van der Waals surface area (Å²) in [4.78, 5) is 12.3. The minimum atomic E-state index is -0.296. The number of esters is 1. The molecule has 0 radical (unpaired) electrons. The number of hydrogen-bond acceptors (Lipinski definition) is 4. The first kappa shape index (κ1) is 19.7. The van der Waals surface area contributed by atoms with Gasteiger partial charge in [-0.3, -0.25) is 0 Å². The van der Waals surface area contributed by atoms with Gasteiger partial charge in [-0.15, -0.1) is 0 Å². The van der Waals surface area contributed by atoms with E-state index in [9.17, 15) is 4.79 Å². The van der Waals surface area contributed by atoms with Crippen molar-refractivity contribution in [2.24, 2.45) is 5.92 Å². The lowest BCUT2D eigenvalue weighted by atomic mass is 9.82. The minimum absolute atomic E-state index is 0.296. The average molecular weight is 375 g/mol. The smallest absolute Gasteiger partial charge is 0.330 e. The van der Waals surface area contributed by atoms with E-state index in [4.69, 9.17) is 14.2 Å². The van der Waals surface area contributed by atoms with E-state index < -0.39 is 0 Å². The van der Waals surface area contributed by atoms with Gasteiger partial charge in [-0.05, 0) is 37.8 Å². The van der Waals surface area contributed by atoms with Crippen LogP contribution in [0, 0.1) is 5.92 Å². The van der Waals surface area contributed by atoms with Gasteiger partial charge in [0.2, 0.25) is 0 Å². The predicted octanol–water partition coefficient (Wildman–Crippen LogP) is 3.67. The van der Waals surface area contributed by atoms with E-state index >= 15 is 0 Å². The van der Waals surface area contributed by atoms with Crippen LogP contribution >= 0.6 is 0 Å². The van der Waals surface area contributed by atoms with Crippen molar-refractivity contribution in [2.75, 3.05) is 41.0 Å². The number of carbonyl (C=O) groups excluding carboxylic acids is 1. The summed E-state index contributed by atoms with van der Waals surface area (Å²) in [6, 6.07) is 6.23. The number of piperidine rings is 2. The molecule has 1 aromatic rings. The quantitative estimate of drug-likeness (QED) is 0.433. The van der Waals surface area contributed by atoms with Gasteiger partial charge in [-0.1, -0.05) is 12.1 Å². The van der Waals surface area contributed by atoms with Crippen LogP contribution in [0.25, 0.3) is 6.08 Å². The maximum absolute atomic E-state index is 12.3. The summed E-state index contributed by atoms with van der Waals surface area (Å²) in [5, 5.41) is 0. The van der Waals surface area contributed by atoms with Crippen LogP contribution < -0.4 is 9.47 Å². The third kappa shape index (κ3) is 4.46. The Labute approximate surface area is 162 Å². The third-order valence-electron chi connectivity index (χ3n) is 6.28. The second-order valence-corrected chi connectivity index (χ2v) is 7.94. The van der Waals surface area contributed by atoms with E-state index in [0.29, 0.717) is 30.1 Å². The van der Waals surface area contributed by atoms with Crippen LogP contribution in [0.5, 0.6) is 11.5 Å². The molecule has 27 heavy (non-hydrogen) atoms. The van der Waals surface area contributed by atoms with Crippen molar-refractivity contribution in [3.8, 4) is 11.5 Å². The molecule has 5 heteroatoms. The Hall–Kier alpha value is -2.01. The van der Waals surface area contributed by atoms with E-state index in [2.05, 4.69) is 7.05 Å². The molecule has 0 N–H and O–H groups in total. The van der Waals surface area contributed by atoms with E-state index in [1.165, 1.54) is 55.8 Å². The van der Waals surface area contributed by atoms with Crippen LogP contribution in [-0.4, -0.2) is 57.5 Å². The van der Waals surface area contributed by atoms with Gasteiger partial charge in [-0.2, -0.15) is 0 Å². The van der Waals surface area contributed by atoms with Gasteiger partial charge in [0, 0.05) is 24.0 Å². The highest BCUT2D eigenvalue weighted by atomic mass is 16.5. The molecule has 5 nitrogen and oxygen atoms in total. The SMILES string of the molecule is COc1cccc(/C=C/C(=O)OC[C@@H]2CCC[N+]3(C)CCCC[C@H]23)c1OC. The Morgan fingerprint density at radius 2 is 1.96 bits per heavy atom. The Bertz CT molecular complexity index is 683. The molecule has 0 spiro atoms. The van der Waals surface area contributed by atoms with Crippen molar-refractivity contribution in [1.82, 2.24) is 0 Å². The molecule has 3 atom stereocenters. The molecule has 0 saturated carbocycles. The number of carbonyl (C=O) groups is 1. The van der Waals surface area contributed by atoms with Crippen molar-refractivity contribution in [3.63, 3.8) is 0 Å². The first-order chi connectivity index (χ1) is 13.1. The van der Waals surface area contributed by atoms with Crippen molar-refractivity contribution in [3.05, 3.63) is 29.8 Å². The second kappa shape index (κ2) is 8.79. The van der Waals surface area contributed by atoms with Crippen LogP contribution in [0.15, 0.2) is 24.3 Å². The summed E-state index contributed by atoms with van der Waals surface area (Å²) in [7, 11) is 5.57. The minimum Gasteiger partial charge on any atom is -0.493 e. The van der Waals surface area contributed by atoms with Gasteiger partial charge in [-0.25, -0.2) is 4.79 Å². The zero-order chi connectivity index (χ0) is 19.3.